The van der Waals surface area contributed by atoms with Crippen LogP contribution in [-0.2, 0) is 6.54 Å². The van der Waals surface area contributed by atoms with Crippen molar-refractivity contribution in [2.45, 2.75) is 32.7 Å². The first kappa shape index (κ1) is 15.2. The molecule has 4 rings (SSSR count). The summed E-state index contributed by atoms with van der Waals surface area (Å²) >= 11 is 0. The second-order valence-corrected chi connectivity index (χ2v) is 6.67. The molecule has 1 aliphatic heterocycles. The third-order valence-corrected chi connectivity index (χ3v) is 5.00. The van der Waals surface area contributed by atoms with Crippen LogP contribution in [0.3, 0.4) is 0 Å². The lowest BCUT2D eigenvalue weighted by Crippen LogP contribution is -2.29. The minimum absolute atomic E-state index is 0.212. The summed E-state index contributed by atoms with van der Waals surface area (Å²) in [6, 6.07) is 9.29. The zero-order chi connectivity index (χ0) is 16.7. The molecule has 0 saturated carbocycles. The van der Waals surface area contributed by atoms with Gasteiger partial charge in [-0.05, 0) is 50.6 Å². The summed E-state index contributed by atoms with van der Waals surface area (Å²) in [5.41, 5.74) is 1.83. The van der Waals surface area contributed by atoms with Crippen LogP contribution in [0.2, 0.25) is 0 Å². The van der Waals surface area contributed by atoms with E-state index in [9.17, 15) is 9.90 Å². The molecular formula is C20H21NO3. The molecule has 1 N–H and O–H groups in total. The van der Waals surface area contributed by atoms with Gasteiger partial charge in [0.05, 0.1) is 10.9 Å². The fourth-order valence-electron chi connectivity index (χ4n) is 3.78. The SMILES string of the molecule is Cc1cc(O)c(CN2CCCCC2)c2oc(=O)c3ccccc3c12. The molecule has 4 nitrogen and oxygen atoms in total. The van der Waals surface area contributed by atoms with Crippen molar-refractivity contribution in [3.63, 3.8) is 0 Å². The summed E-state index contributed by atoms with van der Waals surface area (Å²) in [4.78, 5) is 14.7. The second kappa shape index (κ2) is 5.95. The number of nitrogens with zero attached hydrogens (tertiary/aromatic N) is 1. The third kappa shape index (κ3) is 2.47. The Balaban J connectivity index is 1.97. The Morgan fingerprint density at radius 1 is 1.12 bits per heavy atom. The molecule has 1 fully saturated rings. The van der Waals surface area contributed by atoms with Gasteiger partial charge in [0, 0.05) is 17.3 Å². The van der Waals surface area contributed by atoms with Crippen LogP contribution < -0.4 is 5.63 Å². The predicted molar refractivity (Wildman–Crippen MR) is 95.5 cm³/mol. The van der Waals surface area contributed by atoms with Crippen LogP contribution >= 0.6 is 0 Å². The fraction of sp³-hybridized carbons (Fsp3) is 0.350. The van der Waals surface area contributed by atoms with Crippen LogP contribution in [0.5, 0.6) is 5.75 Å². The maximum Gasteiger partial charge on any atom is 0.344 e. The molecule has 1 aromatic heterocycles. The Bertz CT molecular complexity index is 968. The highest BCUT2D eigenvalue weighted by Gasteiger charge is 2.19. The van der Waals surface area contributed by atoms with Gasteiger partial charge in [0.25, 0.3) is 0 Å². The molecule has 3 aromatic rings. The molecule has 2 aromatic carbocycles. The number of phenolic OH excluding ortho intramolecular Hbond substituents is 1. The van der Waals surface area contributed by atoms with E-state index in [1.807, 2.05) is 25.1 Å². The first-order chi connectivity index (χ1) is 11.6. The molecule has 0 aliphatic carbocycles. The first-order valence-electron chi connectivity index (χ1n) is 8.54. The molecule has 4 heteroatoms. The zero-order valence-corrected chi connectivity index (χ0v) is 13.8. The third-order valence-electron chi connectivity index (χ3n) is 5.00. The standard InChI is InChI=1S/C20H21NO3/c1-13-11-17(22)16(12-21-9-5-2-6-10-21)19-18(13)14-7-3-4-8-15(14)20(23)24-19/h3-4,7-8,11,22H,2,5-6,9-10,12H2,1H3. The minimum Gasteiger partial charge on any atom is -0.507 e. The van der Waals surface area contributed by atoms with E-state index >= 15 is 0 Å². The largest absolute Gasteiger partial charge is 0.507 e. The Morgan fingerprint density at radius 2 is 1.83 bits per heavy atom. The van der Waals surface area contributed by atoms with Crippen LogP contribution in [0, 0.1) is 6.92 Å². The number of hydrogen-bond acceptors (Lipinski definition) is 4. The lowest BCUT2D eigenvalue weighted by molar-refractivity contribution is 0.218. The highest BCUT2D eigenvalue weighted by Crippen LogP contribution is 2.34. The van der Waals surface area contributed by atoms with Gasteiger partial charge >= 0.3 is 5.63 Å². The van der Waals surface area contributed by atoms with E-state index in [0.29, 0.717) is 17.5 Å². The maximum absolute atomic E-state index is 12.4. The van der Waals surface area contributed by atoms with Crippen molar-refractivity contribution in [2.24, 2.45) is 0 Å². The highest BCUT2D eigenvalue weighted by molar-refractivity contribution is 6.07. The molecule has 0 radical (unpaired) electrons. The molecule has 24 heavy (non-hydrogen) atoms. The summed E-state index contributed by atoms with van der Waals surface area (Å²) in [6.45, 7) is 4.60. The van der Waals surface area contributed by atoms with E-state index in [2.05, 4.69) is 4.90 Å². The predicted octanol–water partition coefficient (Wildman–Crippen LogP) is 3.95. The number of fused-ring (bicyclic) bond motifs is 3. The summed E-state index contributed by atoms with van der Waals surface area (Å²) in [6.07, 6.45) is 3.62. The second-order valence-electron chi connectivity index (χ2n) is 6.67. The van der Waals surface area contributed by atoms with Crippen LogP contribution in [0.1, 0.15) is 30.4 Å². The van der Waals surface area contributed by atoms with E-state index in [4.69, 9.17) is 4.42 Å². The Morgan fingerprint density at radius 3 is 2.58 bits per heavy atom. The van der Waals surface area contributed by atoms with Gasteiger partial charge in [0.15, 0.2) is 0 Å². The molecular weight excluding hydrogens is 302 g/mol. The number of piperidine rings is 1. The normalized spacial score (nSPS) is 16.0. The van der Waals surface area contributed by atoms with E-state index < -0.39 is 0 Å². The lowest BCUT2D eigenvalue weighted by atomic mass is 9.99. The van der Waals surface area contributed by atoms with Crippen molar-refractivity contribution in [3.05, 3.63) is 51.9 Å². The maximum atomic E-state index is 12.4. The van der Waals surface area contributed by atoms with Gasteiger partial charge in [-0.25, -0.2) is 4.79 Å². The van der Waals surface area contributed by atoms with E-state index in [1.54, 1.807) is 12.1 Å². The molecule has 1 aliphatic rings. The van der Waals surface area contributed by atoms with E-state index in [0.717, 1.165) is 35.0 Å². The Kier molecular flexibility index (Phi) is 3.77. The molecule has 2 heterocycles. The van der Waals surface area contributed by atoms with Crippen molar-refractivity contribution >= 4 is 21.7 Å². The number of hydrogen-bond donors (Lipinski definition) is 1. The summed E-state index contributed by atoms with van der Waals surface area (Å²) in [5, 5.41) is 12.9. The minimum atomic E-state index is -0.344. The number of aromatic hydroxyl groups is 1. The number of phenols is 1. The average molecular weight is 323 g/mol. The van der Waals surface area contributed by atoms with Gasteiger partial charge in [0.2, 0.25) is 0 Å². The van der Waals surface area contributed by atoms with Crippen LogP contribution in [0.25, 0.3) is 21.7 Å². The highest BCUT2D eigenvalue weighted by atomic mass is 16.4. The number of aryl methyl sites for hydroxylation is 1. The average Bonchev–Trinajstić information content (AvgIpc) is 2.59. The van der Waals surface area contributed by atoms with Crippen molar-refractivity contribution in [3.8, 4) is 5.75 Å². The first-order valence-corrected chi connectivity index (χ1v) is 8.54. The Labute approximate surface area is 140 Å². The van der Waals surface area contributed by atoms with Gasteiger partial charge in [-0.2, -0.15) is 0 Å². The van der Waals surface area contributed by atoms with E-state index in [-0.39, 0.29) is 11.4 Å². The summed E-state index contributed by atoms with van der Waals surface area (Å²) in [5.74, 6) is 0.212. The van der Waals surface area contributed by atoms with Gasteiger partial charge < -0.3 is 9.52 Å². The van der Waals surface area contributed by atoms with Gasteiger partial charge in [0.1, 0.15) is 11.3 Å². The lowest BCUT2D eigenvalue weighted by Gasteiger charge is -2.27. The Hall–Kier alpha value is -2.33. The molecule has 0 atom stereocenters. The zero-order valence-electron chi connectivity index (χ0n) is 13.8. The topological polar surface area (TPSA) is 53.7 Å². The fourth-order valence-corrected chi connectivity index (χ4v) is 3.78. The number of likely N-dealkylation sites (tertiary alicyclic amines) is 1. The number of rotatable bonds is 2. The number of benzene rings is 2. The molecule has 0 spiro atoms. The molecule has 0 unspecified atom stereocenters. The van der Waals surface area contributed by atoms with E-state index in [1.165, 1.54) is 19.3 Å². The van der Waals surface area contributed by atoms with Crippen LogP contribution in [-0.4, -0.2) is 23.1 Å². The molecule has 0 amide bonds. The molecule has 0 bridgehead atoms. The van der Waals surface area contributed by atoms with Crippen LogP contribution in [0.4, 0.5) is 0 Å². The monoisotopic (exact) mass is 323 g/mol. The van der Waals surface area contributed by atoms with Gasteiger partial charge in [-0.15, -0.1) is 0 Å². The van der Waals surface area contributed by atoms with Crippen LogP contribution in [0.15, 0.2) is 39.5 Å². The van der Waals surface area contributed by atoms with Gasteiger partial charge in [-0.3, -0.25) is 4.90 Å². The molecule has 1 saturated heterocycles. The summed E-state index contributed by atoms with van der Waals surface area (Å²) < 4.78 is 5.67. The summed E-state index contributed by atoms with van der Waals surface area (Å²) in [7, 11) is 0. The van der Waals surface area contributed by atoms with Crippen molar-refractivity contribution < 1.29 is 9.52 Å². The van der Waals surface area contributed by atoms with Crippen molar-refractivity contribution in [2.75, 3.05) is 13.1 Å². The van der Waals surface area contributed by atoms with Crippen molar-refractivity contribution in [1.82, 2.24) is 4.90 Å². The van der Waals surface area contributed by atoms with Crippen molar-refractivity contribution in [1.29, 1.82) is 0 Å². The smallest absolute Gasteiger partial charge is 0.344 e. The quantitative estimate of drug-likeness (QED) is 0.573. The molecule has 124 valence electrons. The van der Waals surface area contributed by atoms with Gasteiger partial charge in [-0.1, -0.05) is 24.6 Å².